The molecule has 8 nitrogen and oxygen atoms in total. The fraction of sp³-hybridized carbons (Fsp3) is 0.435. The monoisotopic (exact) mass is 424 g/mol. The Hall–Kier alpha value is -3.13. The van der Waals surface area contributed by atoms with Gasteiger partial charge in [0.1, 0.15) is 0 Å². The number of hydrogen-bond acceptors (Lipinski definition) is 6. The highest BCUT2D eigenvalue weighted by molar-refractivity contribution is 6.08. The molecule has 2 fully saturated rings. The molecule has 0 bridgehead atoms. The molecule has 1 saturated heterocycles. The van der Waals surface area contributed by atoms with Gasteiger partial charge in [-0.1, -0.05) is 19.3 Å². The van der Waals surface area contributed by atoms with E-state index in [9.17, 15) is 14.9 Å². The third kappa shape index (κ3) is 5.32. The van der Waals surface area contributed by atoms with Crippen LogP contribution < -0.4 is 15.5 Å². The number of nitro groups is 1. The molecule has 1 aliphatic heterocycles. The van der Waals surface area contributed by atoms with E-state index in [-0.39, 0.29) is 11.6 Å². The van der Waals surface area contributed by atoms with Crippen LogP contribution in [0, 0.1) is 10.1 Å². The topological polar surface area (TPSA) is 96.7 Å². The second kappa shape index (κ2) is 9.78. The third-order valence-electron chi connectivity index (χ3n) is 5.91. The van der Waals surface area contributed by atoms with Crippen molar-refractivity contribution in [2.75, 3.05) is 41.8 Å². The molecule has 0 aromatic heterocycles. The number of nitro benzene ring substituents is 1. The Labute approximate surface area is 181 Å². The Balaban J connectivity index is 1.49. The molecular weight excluding hydrogens is 396 g/mol. The maximum absolute atomic E-state index is 13.0. The van der Waals surface area contributed by atoms with Crippen LogP contribution in [0.2, 0.25) is 0 Å². The molecule has 1 saturated carbocycles. The largest absolute Gasteiger partial charge is 0.382 e. The first-order valence-corrected chi connectivity index (χ1v) is 10.9. The zero-order valence-electron chi connectivity index (χ0n) is 17.5. The van der Waals surface area contributed by atoms with Gasteiger partial charge in [-0.05, 0) is 43.2 Å². The first kappa shape index (κ1) is 21.1. The molecule has 8 heteroatoms. The smallest absolute Gasteiger partial charge is 0.270 e. The summed E-state index contributed by atoms with van der Waals surface area (Å²) in [5.41, 5.74) is 2.56. The number of rotatable bonds is 6. The highest BCUT2D eigenvalue weighted by atomic mass is 16.6. The van der Waals surface area contributed by atoms with E-state index in [1.807, 2.05) is 29.2 Å². The predicted octanol–water partition coefficient (Wildman–Crippen LogP) is 4.43. The standard InChI is InChI=1S/C23H28N4O4/c28-23(25-19-8-6-18(7-9-19)24-17-4-2-1-3-5-17)21-16-20(27(29)30)10-11-22(21)26-12-14-31-15-13-26/h6-11,16-17,24H,1-5,12-15H2,(H,25,28). The van der Waals surface area contributed by atoms with Crippen LogP contribution in [-0.4, -0.2) is 43.2 Å². The number of carbonyl (C=O) groups excluding carboxylic acids is 1. The molecule has 4 rings (SSSR count). The number of hydrogen-bond donors (Lipinski definition) is 2. The van der Waals surface area contributed by atoms with Gasteiger partial charge in [0.05, 0.1) is 29.4 Å². The number of morpholine rings is 1. The van der Waals surface area contributed by atoms with E-state index in [2.05, 4.69) is 10.6 Å². The minimum absolute atomic E-state index is 0.103. The normalized spacial score (nSPS) is 17.2. The molecule has 2 aromatic rings. The van der Waals surface area contributed by atoms with Gasteiger partial charge in [0, 0.05) is 42.6 Å². The molecule has 2 N–H and O–H groups in total. The van der Waals surface area contributed by atoms with Crippen LogP contribution in [0.15, 0.2) is 42.5 Å². The van der Waals surface area contributed by atoms with Crippen molar-refractivity contribution in [3.05, 3.63) is 58.1 Å². The van der Waals surface area contributed by atoms with Gasteiger partial charge >= 0.3 is 0 Å². The van der Waals surface area contributed by atoms with Gasteiger partial charge in [-0.3, -0.25) is 14.9 Å². The first-order chi connectivity index (χ1) is 15.1. The summed E-state index contributed by atoms with van der Waals surface area (Å²) < 4.78 is 5.39. The van der Waals surface area contributed by atoms with Crippen LogP contribution in [0.3, 0.4) is 0 Å². The number of nitrogens with one attached hydrogen (secondary N) is 2. The van der Waals surface area contributed by atoms with Crippen molar-refractivity contribution in [1.29, 1.82) is 0 Å². The summed E-state index contributed by atoms with van der Waals surface area (Å²) in [6.45, 7) is 2.40. The lowest BCUT2D eigenvalue weighted by atomic mass is 9.95. The average Bonchev–Trinajstić information content (AvgIpc) is 2.81. The molecule has 0 unspecified atom stereocenters. The molecule has 0 radical (unpaired) electrons. The highest BCUT2D eigenvalue weighted by Gasteiger charge is 2.22. The molecule has 1 aliphatic carbocycles. The number of nitrogens with zero attached hydrogens (tertiary/aromatic N) is 2. The SMILES string of the molecule is O=C(Nc1ccc(NC2CCCCC2)cc1)c1cc([N+](=O)[O-])ccc1N1CCOCC1. The first-order valence-electron chi connectivity index (χ1n) is 10.9. The molecule has 2 aromatic carbocycles. The Bertz CT molecular complexity index is 920. The summed E-state index contributed by atoms with van der Waals surface area (Å²) in [7, 11) is 0. The van der Waals surface area contributed by atoms with E-state index in [0.717, 1.165) is 5.69 Å². The summed E-state index contributed by atoms with van der Waals surface area (Å²) in [6.07, 6.45) is 6.22. The van der Waals surface area contributed by atoms with Crippen LogP contribution in [0.25, 0.3) is 0 Å². The van der Waals surface area contributed by atoms with E-state index in [0.29, 0.717) is 49.3 Å². The third-order valence-corrected chi connectivity index (χ3v) is 5.91. The maximum atomic E-state index is 13.0. The molecular formula is C23H28N4O4. The summed E-state index contributed by atoms with van der Waals surface area (Å²) in [4.78, 5) is 25.8. The van der Waals surface area contributed by atoms with Crippen LogP contribution in [-0.2, 0) is 4.74 Å². The van der Waals surface area contributed by atoms with Crippen molar-refractivity contribution in [3.8, 4) is 0 Å². The molecule has 2 aliphatic rings. The summed E-state index contributed by atoms with van der Waals surface area (Å²) >= 11 is 0. The molecule has 164 valence electrons. The average molecular weight is 425 g/mol. The van der Waals surface area contributed by atoms with Gasteiger partial charge in [-0.15, -0.1) is 0 Å². The van der Waals surface area contributed by atoms with Crippen molar-refractivity contribution in [3.63, 3.8) is 0 Å². The van der Waals surface area contributed by atoms with Crippen LogP contribution in [0.4, 0.5) is 22.7 Å². The van der Waals surface area contributed by atoms with E-state index >= 15 is 0 Å². The fourth-order valence-electron chi connectivity index (χ4n) is 4.23. The van der Waals surface area contributed by atoms with Gasteiger partial charge in [0.2, 0.25) is 0 Å². The van der Waals surface area contributed by atoms with Crippen LogP contribution in [0.5, 0.6) is 0 Å². The number of carbonyl (C=O) groups is 1. The minimum atomic E-state index is -0.481. The van der Waals surface area contributed by atoms with E-state index < -0.39 is 4.92 Å². The summed E-state index contributed by atoms with van der Waals surface area (Å²) in [6, 6.07) is 12.6. The molecule has 0 atom stereocenters. The maximum Gasteiger partial charge on any atom is 0.270 e. The van der Waals surface area contributed by atoms with Gasteiger partial charge in [-0.25, -0.2) is 0 Å². The number of anilines is 3. The quantitative estimate of drug-likeness (QED) is 0.526. The summed E-state index contributed by atoms with van der Waals surface area (Å²) in [5, 5.41) is 17.7. The number of non-ortho nitro benzene ring substituents is 1. The van der Waals surface area contributed by atoms with Crippen molar-refractivity contribution in [2.24, 2.45) is 0 Å². The Morgan fingerprint density at radius 3 is 2.35 bits per heavy atom. The highest BCUT2D eigenvalue weighted by Crippen LogP contribution is 2.28. The predicted molar refractivity (Wildman–Crippen MR) is 121 cm³/mol. The van der Waals surface area contributed by atoms with E-state index in [1.54, 1.807) is 6.07 Å². The lowest BCUT2D eigenvalue weighted by Gasteiger charge is -2.30. The van der Waals surface area contributed by atoms with Crippen molar-refractivity contribution < 1.29 is 14.5 Å². The van der Waals surface area contributed by atoms with Crippen molar-refractivity contribution in [2.45, 2.75) is 38.1 Å². The zero-order chi connectivity index (χ0) is 21.6. The van der Waals surface area contributed by atoms with Gasteiger partial charge < -0.3 is 20.3 Å². The molecule has 31 heavy (non-hydrogen) atoms. The Morgan fingerprint density at radius 1 is 1.00 bits per heavy atom. The second-order valence-electron chi connectivity index (χ2n) is 8.07. The number of ether oxygens (including phenoxy) is 1. The van der Waals surface area contributed by atoms with Crippen LogP contribution >= 0.6 is 0 Å². The number of amides is 1. The van der Waals surface area contributed by atoms with Gasteiger partial charge in [0.25, 0.3) is 11.6 Å². The number of benzene rings is 2. The van der Waals surface area contributed by atoms with Crippen molar-refractivity contribution in [1.82, 2.24) is 0 Å². The molecule has 1 heterocycles. The zero-order valence-corrected chi connectivity index (χ0v) is 17.5. The van der Waals surface area contributed by atoms with E-state index in [1.165, 1.54) is 44.2 Å². The second-order valence-corrected chi connectivity index (χ2v) is 8.07. The fourth-order valence-corrected chi connectivity index (χ4v) is 4.23. The molecule has 0 spiro atoms. The van der Waals surface area contributed by atoms with Gasteiger partial charge in [-0.2, -0.15) is 0 Å². The van der Waals surface area contributed by atoms with E-state index in [4.69, 9.17) is 4.74 Å². The summed E-state index contributed by atoms with van der Waals surface area (Å²) in [5.74, 6) is -0.363. The van der Waals surface area contributed by atoms with Crippen molar-refractivity contribution >= 4 is 28.7 Å². The lowest BCUT2D eigenvalue weighted by molar-refractivity contribution is -0.384. The van der Waals surface area contributed by atoms with Crippen LogP contribution in [0.1, 0.15) is 42.5 Å². The van der Waals surface area contributed by atoms with Gasteiger partial charge in [0.15, 0.2) is 0 Å². The minimum Gasteiger partial charge on any atom is -0.382 e. The molecule has 1 amide bonds. The Kier molecular flexibility index (Phi) is 6.66. The lowest BCUT2D eigenvalue weighted by Crippen LogP contribution is -2.37. The Morgan fingerprint density at radius 2 is 1.68 bits per heavy atom.